The predicted octanol–water partition coefficient (Wildman–Crippen LogP) is 18.0. The number of pyridine rings is 8. The molecular formula is C111H118ClN25O10S2. The van der Waals surface area contributed by atoms with Crippen molar-refractivity contribution in [3.05, 3.63) is 300 Å². The SMILES string of the molecule is CS(=O)(=O)n1ccc2cc(C(=O)N3CCCCC3)cnc21.Cc1ccc(S(=O)(=O)n2ccc3cc(C(=O)N4CCCCC4)cnc32)cc1.Cc1cncc(-n2ccc3cc(C(=O)N4CCCCC4)cnc32)c1.Cc1nc2c(cc1C(=O)N1CCC(C)CC1)c(Cl)cn2-c1cnccn1.Cc1nc2c(ccn2-c2cnccn2)cc1C(=O)N1CCC(C)CC1.O=C(c1cnc2c(ccn2-c2ccn3ccnc3c2)c1)N1CCCCC1. The lowest BCUT2D eigenvalue weighted by Crippen LogP contribution is -2.38. The summed E-state index contributed by atoms with van der Waals surface area (Å²) in [6, 6.07) is 33.3. The maximum absolute atomic E-state index is 13.0. The van der Waals surface area contributed by atoms with Crippen molar-refractivity contribution in [1.82, 2.24) is 120 Å². The molecule has 0 N–H and O–H groups in total. The van der Waals surface area contributed by atoms with Crippen molar-refractivity contribution in [2.45, 2.75) is 149 Å². The lowest BCUT2D eigenvalue weighted by molar-refractivity contribution is 0.0688. The van der Waals surface area contributed by atoms with Crippen LogP contribution in [0.4, 0.5) is 0 Å². The Kier molecular flexibility index (Phi) is 30.8. The van der Waals surface area contributed by atoms with Gasteiger partial charge in [-0.05, 0) is 239 Å². The van der Waals surface area contributed by atoms with Crippen LogP contribution >= 0.6 is 11.6 Å². The number of rotatable bonds is 13. The second kappa shape index (κ2) is 45.0. The van der Waals surface area contributed by atoms with Crippen LogP contribution in [0.1, 0.15) is 201 Å². The van der Waals surface area contributed by atoms with Gasteiger partial charge in [0.15, 0.2) is 22.9 Å². The topological polar surface area (TPSA) is 379 Å². The van der Waals surface area contributed by atoms with Gasteiger partial charge in [0.25, 0.3) is 45.5 Å². The molecule has 6 aliphatic rings. The highest BCUT2D eigenvalue weighted by Gasteiger charge is 2.31. The summed E-state index contributed by atoms with van der Waals surface area (Å²) in [4.78, 5) is 140. The quantitative estimate of drug-likeness (QED) is 0.103. The molecule has 6 fully saturated rings. The van der Waals surface area contributed by atoms with E-state index in [9.17, 15) is 45.6 Å². The molecule has 0 bridgehead atoms. The molecule has 0 aliphatic carbocycles. The maximum atomic E-state index is 13.0. The first kappa shape index (κ1) is 102. The first-order valence-electron chi connectivity index (χ1n) is 50.8. The van der Waals surface area contributed by atoms with Crippen molar-refractivity contribution in [2.75, 3.05) is 84.8 Å². The van der Waals surface area contributed by atoms with Gasteiger partial charge < -0.3 is 38.4 Å². The highest BCUT2D eigenvalue weighted by atomic mass is 35.5. The minimum atomic E-state index is -3.73. The number of hydrogen-bond donors (Lipinski definition) is 0. The van der Waals surface area contributed by atoms with E-state index in [2.05, 4.69) is 74.7 Å². The number of piperidine rings is 6. The molecule has 766 valence electrons. The summed E-state index contributed by atoms with van der Waals surface area (Å²) < 4.78 is 61.1. The van der Waals surface area contributed by atoms with E-state index in [4.69, 9.17) is 16.6 Å². The van der Waals surface area contributed by atoms with Crippen molar-refractivity contribution in [2.24, 2.45) is 11.8 Å². The number of halogens is 1. The summed E-state index contributed by atoms with van der Waals surface area (Å²) in [5.41, 5.74) is 13.9. The van der Waals surface area contributed by atoms with Crippen molar-refractivity contribution >= 4 is 139 Å². The number of fused-ring (bicyclic) bond motifs is 7. The number of hydrogen-bond acceptors (Lipinski definition) is 22. The Labute approximate surface area is 867 Å². The summed E-state index contributed by atoms with van der Waals surface area (Å²) in [5.74, 6) is 2.96. The first-order chi connectivity index (χ1) is 72.1. The van der Waals surface area contributed by atoms with E-state index in [-0.39, 0.29) is 40.3 Å². The molecule has 1 aromatic carbocycles. The zero-order valence-corrected chi connectivity index (χ0v) is 86.8. The smallest absolute Gasteiger partial charge is 0.269 e. The fraction of sp³-hybridized carbons (Fsp3) is 0.333. The molecule has 0 atom stereocenters. The van der Waals surface area contributed by atoms with Crippen LogP contribution in [0.15, 0.2) is 244 Å². The lowest BCUT2D eigenvalue weighted by Gasteiger charge is -2.30. The minimum Gasteiger partial charge on any atom is -0.339 e. The number of nitrogens with zero attached hydrogens (tertiary/aromatic N) is 25. The molecule has 18 aromatic rings. The van der Waals surface area contributed by atoms with E-state index in [1.165, 1.54) is 41.6 Å². The van der Waals surface area contributed by atoms with E-state index in [1.807, 2.05) is 173 Å². The summed E-state index contributed by atoms with van der Waals surface area (Å²) >= 11 is 6.43. The summed E-state index contributed by atoms with van der Waals surface area (Å²) in [5, 5.41) is 5.45. The van der Waals surface area contributed by atoms with Gasteiger partial charge >= 0.3 is 0 Å². The Bertz CT molecular complexity index is 8230. The van der Waals surface area contributed by atoms with Gasteiger partial charge in [-0.3, -0.25) is 57.4 Å². The van der Waals surface area contributed by atoms with Crippen molar-refractivity contribution in [3.8, 4) is 23.0 Å². The second-order valence-electron chi connectivity index (χ2n) is 39.1. The first-order valence-corrected chi connectivity index (χ1v) is 54.5. The fourth-order valence-electron chi connectivity index (χ4n) is 19.8. The van der Waals surface area contributed by atoms with Gasteiger partial charge in [0, 0.05) is 228 Å². The average Bonchev–Trinajstić information content (AvgIpc) is 1.62. The predicted molar refractivity (Wildman–Crippen MR) is 572 cm³/mol. The molecule has 149 heavy (non-hydrogen) atoms. The Morgan fingerprint density at radius 3 is 1.20 bits per heavy atom. The molecule has 6 amide bonds. The summed E-state index contributed by atoms with van der Waals surface area (Å²) in [6.07, 6.45) is 54.7. The number of amides is 6. The van der Waals surface area contributed by atoms with E-state index in [0.29, 0.717) is 95.3 Å². The molecule has 23 heterocycles. The van der Waals surface area contributed by atoms with Crippen LogP contribution in [0.3, 0.4) is 0 Å². The van der Waals surface area contributed by atoms with Gasteiger partial charge in [-0.2, -0.15) is 0 Å². The molecule has 0 spiro atoms. The van der Waals surface area contributed by atoms with E-state index in [0.717, 1.165) is 251 Å². The van der Waals surface area contributed by atoms with Crippen molar-refractivity contribution < 1.29 is 45.6 Å². The highest BCUT2D eigenvalue weighted by molar-refractivity contribution is 7.90. The van der Waals surface area contributed by atoms with Crippen LogP contribution in [0.25, 0.3) is 94.9 Å². The Morgan fingerprint density at radius 2 is 0.738 bits per heavy atom. The van der Waals surface area contributed by atoms with Crippen molar-refractivity contribution in [3.63, 3.8) is 0 Å². The normalized spacial score (nSPS) is 15.4. The van der Waals surface area contributed by atoms with Gasteiger partial charge in [-0.15, -0.1) is 0 Å². The van der Waals surface area contributed by atoms with Crippen LogP contribution < -0.4 is 0 Å². The highest BCUT2D eigenvalue weighted by Crippen LogP contribution is 2.34. The van der Waals surface area contributed by atoms with Crippen LogP contribution in [-0.2, 0) is 20.0 Å². The van der Waals surface area contributed by atoms with E-state index in [1.54, 1.807) is 115 Å². The van der Waals surface area contributed by atoms with E-state index < -0.39 is 20.0 Å². The van der Waals surface area contributed by atoms with Crippen LogP contribution in [0.2, 0.25) is 5.02 Å². The standard InChI is InChI=1S/C20H19N5O.C20H21N3O3S.C19H20ClN5O.C19H21N5O.C19H20N4O.C14H17N3O3S/c26-20(24-7-2-1-3-8-24)16-12-15-4-10-25(19(15)22-14-16)17-5-9-23-11-6-21-18(23)13-17;1-15-5-7-18(8-6-15)27(25,26)23-12-9-16-13-17(14-21-19(16)23)20(24)22-10-3-2-4-11-22;1-12-3-7-24(8-4-12)19(26)14-9-15-16(20)11-25(18(15)23-13(14)2)17-10-21-5-6-22-17;1-13-3-8-23(9-4-13)19(25)16-11-15-5-10-24(18(15)22-14(16)2)17-12-20-6-7-21-17;1-14-9-17(13-20-11-14)23-8-5-15-10-16(12-21-18(15)23)19(24)22-6-3-2-4-7-22;1-21(19,20)17-8-5-11-9-12(10-15-13(11)17)14(18)16-6-3-2-4-7-16/h4-6,9-14H,1-3,7-8H2;5-9,12-14H,2-4,10-11H2,1H3;5-6,9-12H,3-4,7-8H2,1-2H3;5-7,10-13H,3-4,8-9H2,1-2H3;5,8-13H,2-4,6-7H2,1H3;5,8-10H,2-4,6-7H2,1H3. The molecule has 17 aromatic heterocycles. The van der Waals surface area contributed by atoms with Crippen LogP contribution in [0.5, 0.6) is 0 Å². The summed E-state index contributed by atoms with van der Waals surface area (Å²) in [7, 11) is -7.11. The molecule has 6 saturated heterocycles. The molecule has 0 radical (unpaired) electrons. The Morgan fingerprint density at radius 1 is 0.329 bits per heavy atom. The van der Waals surface area contributed by atoms with Gasteiger partial charge in [-0.1, -0.05) is 43.1 Å². The number of aromatic nitrogens is 19. The maximum Gasteiger partial charge on any atom is 0.269 e. The third-order valence-electron chi connectivity index (χ3n) is 28.3. The number of imidazole rings is 1. The molecule has 38 heteroatoms. The molecule has 0 saturated carbocycles. The van der Waals surface area contributed by atoms with Gasteiger partial charge in [0.2, 0.25) is 10.0 Å². The summed E-state index contributed by atoms with van der Waals surface area (Å²) in [6.45, 7) is 21.9. The molecule has 0 unspecified atom stereocenters. The van der Waals surface area contributed by atoms with Crippen molar-refractivity contribution in [1.29, 1.82) is 0 Å². The van der Waals surface area contributed by atoms with Crippen LogP contribution in [-0.4, -0.2) is 257 Å². The average molecular weight is 2060 g/mol. The molecule has 24 rings (SSSR count). The third kappa shape index (κ3) is 22.8. The third-order valence-corrected chi connectivity index (χ3v) is 31.3. The number of carbonyl (C=O) groups is 6. The molecular weight excluding hydrogens is 1940 g/mol. The fourth-order valence-corrected chi connectivity index (χ4v) is 22.1. The second-order valence-corrected chi connectivity index (χ2v) is 43.2. The number of likely N-dealkylation sites (tertiary alicyclic amines) is 6. The number of aryl methyl sites for hydroxylation is 4. The van der Waals surface area contributed by atoms with Gasteiger partial charge in [-0.25, -0.2) is 69.6 Å². The van der Waals surface area contributed by atoms with Crippen LogP contribution in [0, 0.1) is 39.5 Å². The molecule has 35 nitrogen and oxygen atoms in total. The lowest BCUT2D eigenvalue weighted by atomic mass is 9.98. The number of benzene rings is 1. The zero-order chi connectivity index (χ0) is 104. The Hall–Kier alpha value is -15.6. The number of carbonyl (C=O) groups excluding carboxylic acids is 6. The monoisotopic (exact) mass is 2060 g/mol. The zero-order valence-electron chi connectivity index (χ0n) is 84.4. The Balaban J connectivity index is 0.000000112. The van der Waals surface area contributed by atoms with E-state index >= 15 is 0 Å². The molecule has 6 aliphatic heterocycles. The minimum absolute atomic E-state index is 0.0313. The largest absolute Gasteiger partial charge is 0.339 e. The van der Waals surface area contributed by atoms with Gasteiger partial charge in [0.1, 0.15) is 28.2 Å². The van der Waals surface area contributed by atoms with Gasteiger partial charge in [0.05, 0.1) is 90.9 Å².